The third-order valence-corrected chi connectivity index (χ3v) is 3.46. The van der Waals surface area contributed by atoms with Crippen LogP contribution < -0.4 is 0 Å². The summed E-state index contributed by atoms with van der Waals surface area (Å²) < 4.78 is 22.5. The number of ether oxygens (including phenoxy) is 4. The van der Waals surface area contributed by atoms with Gasteiger partial charge in [-0.05, 0) is 12.8 Å². The zero-order valence-corrected chi connectivity index (χ0v) is 10.0. The molecule has 2 aliphatic rings. The number of aliphatic hydroxyl groups excluding tert-OH is 1. The second-order valence-electron chi connectivity index (χ2n) is 4.24. The molecule has 0 aromatic carbocycles. The Kier molecular flexibility index (Phi) is 3.51. The topological polar surface area (TPSA) is 57.2 Å². The summed E-state index contributed by atoms with van der Waals surface area (Å²) in [4.78, 5) is 0. The Bertz CT molecular complexity index is 221. The van der Waals surface area contributed by atoms with Crippen molar-refractivity contribution in [2.45, 2.75) is 57.1 Å². The second-order valence-corrected chi connectivity index (χ2v) is 4.24. The highest BCUT2D eigenvalue weighted by atomic mass is 16.8. The number of methoxy groups -OCH3 is 1. The van der Waals surface area contributed by atoms with Gasteiger partial charge in [0.15, 0.2) is 12.1 Å². The van der Waals surface area contributed by atoms with Gasteiger partial charge in [-0.15, -0.1) is 0 Å². The number of aliphatic hydroxyl groups is 1. The lowest BCUT2D eigenvalue weighted by Crippen LogP contribution is -2.35. The highest BCUT2D eigenvalue weighted by molar-refractivity contribution is 4.96. The lowest BCUT2D eigenvalue weighted by atomic mass is 10.1. The molecule has 2 fully saturated rings. The number of hydrogen-bond donors (Lipinski definition) is 1. The van der Waals surface area contributed by atoms with E-state index >= 15 is 0 Å². The van der Waals surface area contributed by atoms with Crippen molar-refractivity contribution in [2.75, 3.05) is 13.7 Å². The molecule has 5 nitrogen and oxygen atoms in total. The molecule has 4 atom stereocenters. The van der Waals surface area contributed by atoms with E-state index in [1.807, 2.05) is 13.8 Å². The van der Waals surface area contributed by atoms with Crippen LogP contribution in [0.3, 0.4) is 0 Å². The van der Waals surface area contributed by atoms with E-state index in [9.17, 15) is 5.11 Å². The number of fused-ring (bicyclic) bond motifs is 1. The van der Waals surface area contributed by atoms with E-state index in [-0.39, 0.29) is 24.9 Å². The van der Waals surface area contributed by atoms with Crippen LogP contribution in [0.2, 0.25) is 0 Å². The first kappa shape index (κ1) is 12.3. The molecule has 0 saturated carbocycles. The summed E-state index contributed by atoms with van der Waals surface area (Å²) in [5.74, 6) is -0.538. The lowest BCUT2D eigenvalue weighted by molar-refractivity contribution is -0.246. The standard InChI is InChI=1S/C11H20O5/c1-4-11(5-2)15-8-7(6-12)14-10(13-3)9(8)16-11/h7-10,12H,4-6H2,1-3H3/t7-,8-,9-,10?/m1/s1. The van der Waals surface area contributed by atoms with Crippen molar-refractivity contribution < 1.29 is 24.1 Å². The van der Waals surface area contributed by atoms with E-state index in [4.69, 9.17) is 18.9 Å². The van der Waals surface area contributed by atoms with Gasteiger partial charge >= 0.3 is 0 Å². The number of rotatable bonds is 4. The molecule has 2 rings (SSSR count). The van der Waals surface area contributed by atoms with Gasteiger partial charge in [0, 0.05) is 7.11 Å². The Balaban J connectivity index is 2.14. The Hall–Kier alpha value is -0.200. The minimum atomic E-state index is -0.538. The van der Waals surface area contributed by atoms with Crippen LogP contribution in [0.25, 0.3) is 0 Å². The third kappa shape index (κ3) is 1.76. The van der Waals surface area contributed by atoms with Crippen LogP contribution in [-0.2, 0) is 18.9 Å². The van der Waals surface area contributed by atoms with Crippen molar-refractivity contribution in [3.05, 3.63) is 0 Å². The lowest BCUT2D eigenvalue weighted by Gasteiger charge is -2.28. The van der Waals surface area contributed by atoms with Gasteiger partial charge in [0.25, 0.3) is 0 Å². The Labute approximate surface area is 95.6 Å². The molecule has 94 valence electrons. The predicted octanol–water partition coefficient (Wildman–Crippen LogP) is 0.650. The van der Waals surface area contributed by atoms with E-state index < -0.39 is 12.1 Å². The molecule has 2 saturated heterocycles. The quantitative estimate of drug-likeness (QED) is 0.771. The van der Waals surface area contributed by atoms with E-state index in [1.54, 1.807) is 7.11 Å². The Morgan fingerprint density at radius 3 is 2.31 bits per heavy atom. The third-order valence-electron chi connectivity index (χ3n) is 3.46. The summed E-state index contributed by atoms with van der Waals surface area (Å²) in [6, 6.07) is 0. The molecule has 5 heteroatoms. The van der Waals surface area contributed by atoms with Gasteiger partial charge in [-0.25, -0.2) is 0 Å². The van der Waals surface area contributed by atoms with Crippen molar-refractivity contribution >= 4 is 0 Å². The molecule has 0 radical (unpaired) electrons. The van der Waals surface area contributed by atoms with Gasteiger partial charge in [-0.1, -0.05) is 13.8 Å². The highest BCUT2D eigenvalue weighted by Gasteiger charge is 2.57. The smallest absolute Gasteiger partial charge is 0.186 e. The van der Waals surface area contributed by atoms with Crippen LogP contribution in [0.5, 0.6) is 0 Å². The Morgan fingerprint density at radius 1 is 1.19 bits per heavy atom. The molecule has 0 bridgehead atoms. The normalized spacial score (nSPS) is 41.2. The largest absolute Gasteiger partial charge is 0.394 e. The van der Waals surface area contributed by atoms with Gasteiger partial charge in [0.05, 0.1) is 6.61 Å². The molecule has 2 heterocycles. The van der Waals surface area contributed by atoms with Crippen LogP contribution in [-0.4, -0.2) is 49.2 Å². The van der Waals surface area contributed by atoms with Crippen molar-refractivity contribution in [2.24, 2.45) is 0 Å². The molecule has 0 aliphatic carbocycles. The summed E-state index contributed by atoms with van der Waals surface area (Å²) in [5.41, 5.74) is 0. The molecule has 0 amide bonds. The van der Waals surface area contributed by atoms with Crippen LogP contribution in [0.1, 0.15) is 26.7 Å². The monoisotopic (exact) mass is 232 g/mol. The molecule has 1 unspecified atom stereocenters. The summed E-state index contributed by atoms with van der Waals surface area (Å²) in [6.45, 7) is 3.98. The molecule has 0 aromatic rings. The van der Waals surface area contributed by atoms with Crippen LogP contribution >= 0.6 is 0 Å². The zero-order valence-electron chi connectivity index (χ0n) is 10.0. The fourth-order valence-electron chi connectivity index (χ4n) is 2.40. The highest BCUT2D eigenvalue weighted by Crippen LogP contribution is 2.42. The maximum atomic E-state index is 9.23. The summed E-state index contributed by atoms with van der Waals surface area (Å²) in [6.07, 6.45) is 0.310. The van der Waals surface area contributed by atoms with Crippen LogP contribution in [0.15, 0.2) is 0 Å². The van der Waals surface area contributed by atoms with Crippen LogP contribution in [0, 0.1) is 0 Å². The summed E-state index contributed by atoms with van der Waals surface area (Å²) in [7, 11) is 1.57. The molecule has 1 N–H and O–H groups in total. The summed E-state index contributed by atoms with van der Waals surface area (Å²) in [5, 5.41) is 9.23. The first-order valence-electron chi connectivity index (χ1n) is 5.84. The Morgan fingerprint density at radius 2 is 1.81 bits per heavy atom. The number of hydrogen-bond acceptors (Lipinski definition) is 5. The van der Waals surface area contributed by atoms with E-state index in [1.165, 1.54) is 0 Å². The zero-order chi connectivity index (χ0) is 11.8. The first-order chi connectivity index (χ1) is 7.69. The van der Waals surface area contributed by atoms with Gasteiger partial charge in [0.2, 0.25) is 0 Å². The SMILES string of the molecule is CCC1(CC)O[C@@H]2[C@@H](CO)OC(OC)[C@@H]2O1. The average Bonchev–Trinajstić information content (AvgIpc) is 2.84. The maximum Gasteiger partial charge on any atom is 0.186 e. The van der Waals surface area contributed by atoms with Gasteiger partial charge < -0.3 is 24.1 Å². The van der Waals surface area contributed by atoms with Crippen LogP contribution in [0.4, 0.5) is 0 Å². The van der Waals surface area contributed by atoms with E-state index in [0.717, 1.165) is 12.8 Å². The van der Waals surface area contributed by atoms with Gasteiger partial charge in [-0.3, -0.25) is 0 Å². The molecule has 0 aromatic heterocycles. The molecule has 0 spiro atoms. The minimum Gasteiger partial charge on any atom is -0.394 e. The van der Waals surface area contributed by atoms with Crippen molar-refractivity contribution in [3.8, 4) is 0 Å². The molecule has 2 aliphatic heterocycles. The fraction of sp³-hybridized carbons (Fsp3) is 1.00. The van der Waals surface area contributed by atoms with Gasteiger partial charge in [0.1, 0.15) is 18.3 Å². The van der Waals surface area contributed by atoms with Crippen molar-refractivity contribution in [3.63, 3.8) is 0 Å². The predicted molar refractivity (Wildman–Crippen MR) is 55.8 cm³/mol. The van der Waals surface area contributed by atoms with E-state index in [2.05, 4.69) is 0 Å². The van der Waals surface area contributed by atoms with E-state index in [0.29, 0.717) is 0 Å². The average molecular weight is 232 g/mol. The minimum absolute atomic E-state index is 0.0755. The first-order valence-corrected chi connectivity index (χ1v) is 5.84. The molecular weight excluding hydrogens is 212 g/mol. The summed E-state index contributed by atoms with van der Waals surface area (Å²) >= 11 is 0. The van der Waals surface area contributed by atoms with Gasteiger partial charge in [-0.2, -0.15) is 0 Å². The molecule has 16 heavy (non-hydrogen) atoms. The second kappa shape index (κ2) is 4.58. The maximum absolute atomic E-state index is 9.23. The van der Waals surface area contributed by atoms with Crippen molar-refractivity contribution in [1.82, 2.24) is 0 Å². The molecular formula is C11H20O5. The fourth-order valence-corrected chi connectivity index (χ4v) is 2.40. The van der Waals surface area contributed by atoms with Crippen molar-refractivity contribution in [1.29, 1.82) is 0 Å².